The molecule has 0 spiro atoms. The van der Waals surface area contributed by atoms with Gasteiger partial charge in [-0.05, 0) is 133 Å². The first-order chi connectivity index (χ1) is 29.1. The molecular formula is C54H47N5. The third-order valence-corrected chi connectivity index (χ3v) is 10.7. The summed E-state index contributed by atoms with van der Waals surface area (Å²) in [6.07, 6.45) is 20.4. The maximum Gasteiger partial charge on any atom is 0.0900 e. The number of hydrogen-bond donors (Lipinski definition) is 0. The van der Waals surface area contributed by atoms with Crippen molar-refractivity contribution >= 4 is 22.7 Å². The van der Waals surface area contributed by atoms with Crippen LogP contribution in [0.15, 0.2) is 218 Å². The van der Waals surface area contributed by atoms with Gasteiger partial charge in [-0.25, -0.2) is 4.98 Å². The molecule has 1 aliphatic heterocycles. The summed E-state index contributed by atoms with van der Waals surface area (Å²) in [5.74, 6) is 0. The van der Waals surface area contributed by atoms with Crippen LogP contribution >= 0.6 is 0 Å². The van der Waals surface area contributed by atoms with Crippen molar-refractivity contribution in [3.05, 3.63) is 229 Å². The SMILES string of the molecule is C=C/C(=C\c1c(C)n(-c2cccc(-c3cc(-c4ccccn4)nc(-c4ccccn4)c3)c2)c2ccccc12)C1=CC2=C(CC1)N(c1ccccc1)/C=C\C=C/C2=C.CC. The molecule has 7 aromatic rings. The second kappa shape index (κ2) is 17.4. The molecule has 0 saturated carbocycles. The highest BCUT2D eigenvalue weighted by molar-refractivity contribution is 5.94. The van der Waals surface area contributed by atoms with E-state index < -0.39 is 0 Å². The van der Waals surface area contributed by atoms with Crippen LogP contribution in [0, 0.1) is 6.92 Å². The van der Waals surface area contributed by atoms with Crippen LogP contribution in [0.1, 0.15) is 37.9 Å². The average Bonchev–Trinajstić information content (AvgIpc) is 3.58. The molecule has 288 valence electrons. The van der Waals surface area contributed by atoms with Crippen LogP contribution in [0.5, 0.6) is 0 Å². The number of para-hydroxylation sites is 2. The molecule has 1 aliphatic carbocycles. The Morgan fingerprint density at radius 2 is 1.36 bits per heavy atom. The van der Waals surface area contributed by atoms with Crippen molar-refractivity contribution in [2.45, 2.75) is 33.6 Å². The normalized spacial score (nSPS) is 15.0. The Morgan fingerprint density at radius 3 is 2.05 bits per heavy atom. The number of nitrogens with zero attached hydrogens (tertiary/aromatic N) is 5. The van der Waals surface area contributed by atoms with Crippen LogP contribution < -0.4 is 4.90 Å². The molecule has 4 aromatic heterocycles. The summed E-state index contributed by atoms with van der Waals surface area (Å²) in [5.41, 5.74) is 16.8. The van der Waals surface area contributed by atoms with Crippen molar-refractivity contribution in [1.29, 1.82) is 0 Å². The van der Waals surface area contributed by atoms with Gasteiger partial charge in [0.1, 0.15) is 0 Å². The molecule has 5 heteroatoms. The minimum absolute atomic E-state index is 0.800. The molecule has 0 atom stereocenters. The Hall–Kier alpha value is -7.37. The third kappa shape index (κ3) is 7.83. The van der Waals surface area contributed by atoms with Crippen molar-refractivity contribution in [2.75, 3.05) is 4.90 Å². The van der Waals surface area contributed by atoms with E-state index in [0.717, 1.165) is 86.0 Å². The lowest BCUT2D eigenvalue weighted by Crippen LogP contribution is -2.20. The molecular weight excluding hydrogens is 719 g/mol. The summed E-state index contributed by atoms with van der Waals surface area (Å²) in [6, 6.07) is 44.0. The van der Waals surface area contributed by atoms with Crippen LogP contribution in [0.4, 0.5) is 5.69 Å². The molecule has 0 saturated heterocycles. The van der Waals surface area contributed by atoms with Crippen molar-refractivity contribution in [1.82, 2.24) is 19.5 Å². The van der Waals surface area contributed by atoms with E-state index >= 15 is 0 Å². The molecule has 0 N–H and O–H groups in total. The van der Waals surface area contributed by atoms with Crippen molar-refractivity contribution in [2.24, 2.45) is 0 Å². The first-order valence-corrected chi connectivity index (χ1v) is 20.3. The van der Waals surface area contributed by atoms with E-state index in [1.807, 2.05) is 56.3 Å². The minimum atomic E-state index is 0.800. The van der Waals surface area contributed by atoms with E-state index in [1.54, 1.807) is 12.4 Å². The van der Waals surface area contributed by atoms with Crippen LogP contribution in [0.3, 0.4) is 0 Å². The van der Waals surface area contributed by atoms with Crippen LogP contribution in [-0.2, 0) is 0 Å². The van der Waals surface area contributed by atoms with E-state index in [2.05, 4.69) is 167 Å². The Bertz CT molecular complexity index is 2760. The van der Waals surface area contributed by atoms with Gasteiger partial charge >= 0.3 is 0 Å². The Labute approximate surface area is 347 Å². The summed E-state index contributed by atoms with van der Waals surface area (Å²) in [4.78, 5) is 16.5. The predicted octanol–water partition coefficient (Wildman–Crippen LogP) is 13.8. The van der Waals surface area contributed by atoms with Gasteiger partial charge in [-0.15, -0.1) is 0 Å². The molecule has 5 nitrogen and oxygen atoms in total. The van der Waals surface area contributed by atoms with E-state index in [-0.39, 0.29) is 0 Å². The molecule has 0 radical (unpaired) electrons. The van der Waals surface area contributed by atoms with Crippen LogP contribution in [0.2, 0.25) is 0 Å². The molecule has 3 aromatic carbocycles. The van der Waals surface area contributed by atoms with Crippen molar-refractivity contribution in [3.8, 4) is 39.6 Å². The quantitative estimate of drug-likeness (QED) is 0.145. The van der Waals surface area contributed by atoms with Crippen molar-refractivity contribution in [3.63, 3.8) is 0 Å². The first kappa shape index (κ1) is 38.5. The fourth-order valence-electron chi connectivity index (χ4n) is 7.95. The summed E-state index contributed by atoms with van der Waals surface area (Å²) in [7, 11) is 0. The number of allylic oxidation sites excluding steroid dienone is 10. The maximum absolute atomic E-state index is 5.00. The van der Waals surface area contributed by atoms with E-state index in [9.17, 15) is 0 Å². The molecule has 2 aliphatic rings. The molecule has 0 fully saturated rings. The fourth-order valence-corrected chi connectivity index (χ4v) is 7.95. The van der Waals surface area contributed by atoms with Gasteiger partial charge in [-0.3, -0.25) is 9.97 Å². The van der Waals surface area contributed by atoms with Gasteiger partial charge < -0.3 is 9.47 Å². The highest BCUT2D eigenvalue weighted by Crippen LogP contribution is 2.39. The topological polar surface area (TPSA) is 46.8 Å². The Morgan fingerprint density at radius 1 is 0.678 bits per heavy atom. The predicted molar refractivity (Wildman–Crippen MR) is 248 cm³/mol. The number of aromatic nitrogens is 4. The van der Waals surface area contributed by atoms with Crippen LogP contribution in [0.25, 0.3) is 56.6 Å². The number of benzene rings is 3. The van der Waals surface area contributed by atoms with E-state index in [0.29, 0.717) is 0 Å². The highest BCUT2D eigenvalue weighted by atomic mass is 15.1. The van der Waals surface area contributed by atoms with Gasteiger partial charge in [-0.1, -0.05) is 106 Å². The number of rotatable bonds is 8. The molecule has 9 rings (SSSR count). The highest BCUT2D eigenvalue weighted by Gasteiger charge is 2.23. The third-order valence-electron chi connectivity index (χ3n) is 10.7. The van der Waals surface area contributed by atoms with E-state index in [1.165, 1.54) is 22.2 Å². The zero-order valence-electron chi connectivity index (χ0n) is 33.9. The molecule has 0 bridgehead atoms. The van der Waals surface area contributed by atoms with Gasteiger partial charge in [-0.2, -0.15) is 0 Å². The monoisotopic (exact) mass is 765 g/mol. The van der Waals surface area contributed by atoms with Crippen molar-refractivity contribution < 1.29 is 0 Å². The number of anilines is 1. The number of fused-ring (bicyclic) bond motifs is 1. The Balaban J connectivity index is 0.00000238. The molecule has 0 amide bonds. The average molecular weight is 766 g/mol. The second-order valence-corrected chi connectivity index (χ2v) is 14.2. The first-order valence-electron chi connectivity index (χ1n) is 20.3. The fraction of sp³-hybridized carbons (Fsp3) is 0.0926. The molecule has 5 heterocycles. The molecule has 0 unspecified atom stereocenters. The lowest BCUT2D eigenvalue weighted by Gasteiger charge is -2.31. The van der Waals surface area contributed by atoms with Gasteiger partial charge in [0.15, 0.2) is 0 Å². The summed E-state index contributed by atoms with van der Waals surface area (Å²) >= 11 is 0. The van der Waals surface area contributed by atoms with Gasteiger partial charge in [0.25, 0.3) is 0 Å². The zero-order valence-corrected chi connectivity index (χ0v) is 33.9. The zero-order chi connectivity index (χ0) is 40.7. The van der Waals surface area contributed by atoms with E-state index in [4.69, 9.17) is 4.98 Å². The standard InChI is InChI=1S/C52H41N5.C2H6/c1-4-38(40-26-27-51-45(33-40)36(2)17-12-15-30-56(51)42-19-6-5-7-20-42)32-46-37(3)57(52-25-9-8-22-44(46)52)43-21-16-18-39(31-43)41-34-49(47-23-10-13-28-53-47)55-50(35-41)48-24-11-14-29-54-48;1-2/h4-25,28-35H,1-2,26-27H2,3H3;1-2H3/b17-12-,30-15-,38-32+;. The van der Waals surface area contributed by atoms with Gasteiger partial charge in [0.05, 0.1) is 28.3 Å². The lowest BCUT2D eigenvalue weighted by atomic mass is 9.86. The summed E-state index contributed by atoms with van der Waals surface area (Å²) in [6.45, 7) is 15.0. The Kier molecular flexibility index (Phi) is 11.4. The largest absolute Gasteiger partial charge is 0.320 e. The molecule has 59 heavy (non-hydrogen) atoms. The number of pyridine rings is 3. The summed E-state index contributed by atoms with van der Waals surface area (Å²) < 4.78 is 2.37. The van der Waals surface area contributed by atoms with Crippen LogP contribution in [-0.4, -0.2) is 19.5 Å². The smallest absolute Gasteiger partial charge is 0.0900 e. The lowest BCUT2D eigenvalue weighted by molar-refractivity contribution is 0.868. The van der Waals surface area contributed by atoms with Gasteiger partial charge in [0.2, 0.25) is 0 Å². The number of hydrogen-bond acceptors (Lipinski definition) is 4. The maximum atomic E-state index is 5.00. The minimum Gasteiger partial charge on any atom is -0.320 e. The van der Waals surface area contributed by atoms with Gasteiger partial charge in [0, 0.05) is 57.9 Å². The summed E-state index contributed by atoms with van der Waals surface area (Å²) in [5, 5.41) is 1.19. The second-order valence-electron chi connectivity index (χ2n) is 14.2.